The first-order valence-electron chi connectivity index (χ1n) is 13.6. The van der Waals surface area contributed by atoms with E-state index in [1.54, 1.807) is 14.0 Å². The summed E-state index contributed by atoms with van der Waals surface area (Å²) >= 11 is 1.35. The van der Waals surface area contributed by atoms with Gasteiger partial charge in [0.1, 0.15) is 0 Å². The number of carbonyl (C=O) groups is 3. The summed E-state index contributed by atoms with van der Waals surface area (Å²) in [6.07, 6.45) is 9.45. The quantitative estimate of drug-likeness (QED) is 0.223. The van der Waals surface area contributed by atoms with Gasteiger partial charge in [-0.25, -0.2) is 4.98 Å². The number of ether oxygens (including phenoxy) is 2. The van der Waals surface area contributed by atoms with Gasteiger partial charge in [0.25, 0.3) is 5.91 Å². The molecular weight excluding hydrogens is 540 g/mol. The molecule has 4 rings (SSSR count). The van der Waals surface area contributed by atoms with Crippen LogP contribution in [0.25, 0.3) is 17.3 Å². The zero-order chi connectivity index (χ0) is 30.4. The second-order valence-corrected chi connectivity index (χ2v) is 10.9. The Morgan fingerprint density at radius 2 is 1.98 bits per heavy atom. The minimum atomic E-state index is -0.0675. The minimum absolute atomic E-state index is 0.00330. The van der Waals surface area contributed by atoms with Crippen LogP contribution >= 0.6 is 11.3 Å². The lowest BCUT2D eigenvalue weighted by atomic mass is 9.99. The molecule has 1 saturated heterocycles. The van der Waals surface area contributed by atoms with Crippen LogP contribution in [0, 0.1) is 0 Å². The summed E-state index contributed by atoms with van der Waals surface area (Å²) in [6.45, 7) is 13.6. The van der Waals surface area contributed by atoms with E-state index in [1.165, 1.54) is 17.8 Å². The Bertz CT molecular complexity index is 1310. The highest BCUT2D eigenvalue weighted by atomic mass is 32.1. The highest BCUT2D eigenvalue weighted by molar-refractivity contribution is 7.14. The molecule has 1 atom stereocenters. The van der Waals surface area contributed by atoms with Gasteiger partial charge in [0.2, 0.25) is 6.41 Å². The number of amides is 2. The van der Waals surface area contributed by atoms with Gasteiger partial charge in [-0.3, -0.25) is 14.4 Å². The van der Waals surface area contributed by atoms with Crippen molar-refractivity contribution in [2.75, 3.05) is 32.2 Å². The molecule has 0 bridgehead atoms. The van der Waals surface area contributed by atoms with Crippen molar-refractivity contribution in [3.63, 3.8) is 0 Å². The van der Waals surface area contributed by atoms with Crippen LogP contribution in [-0.2, 0) is 19.8 Å². The molecular formula is C31H42N4O5S. The number of benzene rings is 1. The second kappa shape index (κ2) is 16.6. The molecule has 1 aromatic carbocycles. The molecule has 0 spiro atoms. The van der Waals surface area contributed by atoms with Gasteiger partial charge in [-0.05, 0) is 45.4 Å². The van der Waals surface area contributed by atoms with Gasteiger partial charge in [0.05, 0.1) is 36.6 Å². The molecule has 10 heteroatoms. The largest absolute Gasteiger partial charge is 0.383 e. The molecule has 3 heterocycles. The number of carbonyl (C=O) groups excluding carboxylic acids is 3. The molecule has 1 aliphatic heterocycles. The molecule has 2 N–H and O–H groups in total. The highest BCUT2D eigenvalue weighted by Crippen LogP contribution is 2.28. The Hall–Kier alpha value is -3.60. The summed E-state index contributed by atoms with van der Waals surface area (Å²) in [6, 6.07) is 7.49. The van der Waals surface area contributed by atoms with Crippen molar-refractivity contribution >= 4 is 40.6 Å². The molecule has 2 aromatic heterocycles. The number of anilines is 1. The van der Waals surface area contributed by atoms with Crippen LogP contribution in [0.1, 0.15) is 74.2 Å². The molecule has 1 fully saturated rings. The van der Waals surface area contributed by atoms with E-state index in [4.69, 9.17) is 9.47 Å². The summed E-state index contributed by atoms with van der Waals surface area (Å²) in [7, 11) is 1.62. The van der Waals surface area contributed by atoms with Crippen molar-refractivity contribution in [1.29, 1.82) is 0 Å². The monoisotopic (exact) mass is 582 g/mol. The molecule has 1 aliphatic rings. The zero-order valence-corrected chi connectivity index (χ0v) is 25.8. The van der Waals surface area contributed by atoms with E-state index in [-0.39, 0.29) is 23.3 Å². The van der Waals surface area contributed by atoms with E-state index < -0.39 is 0 Å². The Labute approximate surface area is 247 Å². The first kappa shape index (κ1) is 33.6. The lowest BCUT2D eigenvalue weighted by Crippen LogP contribution is -2.48. The molecule has 0 aliphatic carbocycles. The normalized spacial score (nSPS) is 14.0. The van der Waals surface area contributed by atoms with Gasteiger partial charge < -0.3 is 24.7 Å². The Morgan fingerprint density at radius 1 is 1.27 bits per heavy atom. The molecule has 1 unspecified atom stereocenters. The van der Waals surface area contributed by atoms with Crippen LogP contribution < -0.4 is 10.6 Å². The lowest BCUT2D eigenvalue weighted by molar-refractivity contribution is -0.105. The number of nitrogens with one attached hydrogen (secondary N) is 2. The smallest absolute Gasteiger partial charge is 0.253 e. The fraction of sp³-hybridized carbons (Fsp3) is 0.419. The maximum absolute atomic E-state index is 12.0. The van der Waals surface area contributed by atoms with Gasteiger partial charge in [0.15, 0.2) is 10.9 Å². The number of aromatic nitrogens is 2. The average Bonchev–Trinajstić information content (AvgIpc) is 3.60. The SMILES string of the molecule is C/C=C\c1ccc(-c2csc(NC=O)n2)cc1C(C)=O.CCC.COCC(C)NC(=O)c1ccn(C2(C)COC2)c1. The summed E-state index contributed by atoms with van der Waals surface area (Å²) in [5.74, 6) is -0.0523. The Kier molecular flexibility index (Phi) is 13.6. The van der Waals surface area contributed by atoms with Crippen LogP contribution in [0.5, 0.6) is 0 Å². The number of rotatable bonds is 10. The summed E-state index contributed by atoms with van der Waals surface area (Å²) in [4.78, 5) is 38.4. The van der Waals surface area contributed by atoms with Crippen LogP contribution in [0.2, 0.25) is 0 Å². The van der Waals surface area contributed by atoms with Gasteiger partial charge in [0, 0.05) is 42.1 Å². The van der Waals surface area contributed by atoms with Gasteiger partial charge in [-0.1, -0.05) is 44.6 Å². The average molecular weight is 583 g/mol. The first-order chi connectivity index (χ1) is 19.6. The number of ketones is 1. The fourth-order valence-corrected chi connectivity index (χ4v) is 4.56. The van der Waals surface area contributed by atoms with E-state index in [9.17, 15) is 14.4 Å². The molecule has 2 amide bonds. The van der Waals surface area contributed by atoms with Crippen LogP contribution in [0.15, 0.2) is 48.1 Å². The maximum atomic E-state index is 12.0. The molecule has 0 saturated carbocycles. The number of thiazole rings is 1. The first-order valence-corrected chi connectivity index (χ1v) is 14.5. The fourth-order valence-electron chi connectivity index (χ4n) is 3.88. The van der Waals surface area contributed by atoms with Crippen molar-refractivity contribution in [1.82, 2.24) is 14.9 Å². The van der Waals surface area contributed by atoms with Crippen molar-refractivity contribution in [3.8, 4) is 11.3 Å². The summed E-state index contributed by atoms with van der Waals surface area (Å²) < 4.78 is 12.3. The molecule has 0 radical (unpaired) electrons. The van der Waals surface area contributed by atoms with Crippen molar-refractivity contribution in [2.24, 2.45) is 0 Å². The summed E-state index contributed by atoms with van der Waals surface area (Å²) in [5, 5.41) is 7.79. The number of allylic oxidation sites excluding steroid dienone is 1. The van der Waals surface area contributed by atoms with E-state index >= 15 is 0 Å². The van der Waals surface area contributed by atoms with Crippen molar-refractivity contribution < 1.29 is 23.9 Å². The standard InChI is InChI=1S/C15H14N2O2S.C13H20N2O3.C3H8/c1-3-4-11-5-6-12(7-13(11)10(2)19)14-8-20-15(17-14)16-9-18;1-10(7-17-3)14-12(16)11-4-5-15(6-11)13(2)8-18-9-13;1-3-2/h3-9H,1-2H3,(H,16,17,18);4-6,10H,7-9H2,1-3H3,(H,14,16);3H2,1-2H3/b4-3-;;. The van der Waals surface area contributed by atoms with Crippen LogP contribution in [0.3, 0.4) is 0 Å². The molecule has 222 valence electrons. The number of Topliss-reactive ketones (excluding diaryl/α,β-unsaturated/α-hetero) is 1. The third kappa shape index (κ3) is 9.77. The molecule has 3 aromatic rings. The van der Waals surface area contributed by atoms with Gasteiger partial charge >= 0.3 is 0 Å². The third-order valence-electron chi connectivity index (χ3n) is 5.96. The minimum Gasteiger partial charge on any atom is -0.383 e. The van der Waals surface area contributed by atoms with E-state index in [1.807, 2.05) is 72.6 Å². The predicted octanol–water partition coefficient (Wildman–Crippen LogP) is 6.03. The Balaban J connectivity index is 0.000000263. The molecule has 9 nitrogen and oxygen atoms in total. The predicted molar refractivity (Wildman–Crippen MR) is 166 cm³/mol. The zero-order valence-electron chi connectivity index (χ0n) is 25.0. The molecule has 41 heavy (non-hydrogen) atoms. The number of hydrogen-bond donors (Lipinski definition) is 2. The third-order valence-corrected chi connectivity index (χ3v) is 6.73. The number of nitrogens with zero attached hydrogens (tertiary/aromatic N) is 2. The summed E-state index contributed by atoms with van der Waals surface area (Å²) in [5.41, 5.74) is 3.83. The maximum Gasteiger partial charge on any atom is 0.253 e. The van der Waals surface area contributed by atoms with E-state index in [0.717, 1.165) is 16.8 Å². The number of hydrogen-bond acceptors (Lipinski definition) is 7. The Morgan fingerprint density at radius 3 is 2.54 bits per heavy atom. The van der Waals surface area contributed by atoms with Gasteiger partial charge in [-0.2, -0.15) is 0 Å². The topological polar surface area (TPSA) is 112 Å². The second-order valence-electron chi connectivity index (χ2n) is 9.99. The lowest BCUT2D eigenvalue weighted by Gasteiger charge is -2.39. The van der Waals surface area contributed by atoms with E-state index in [0.29, 0.717) is 42.5 Å². The van der Waals surface area contributed by atoms with Crippen LogP contribution in [-0.4, -0.2) is 60.6 Å². The van der Waals surface area contributed by atoms with Crippen molar-refractivity contribution in [3.05, 3.63) is 64.8 Å². The number of methoxy groups -OCH3 is 1. The van der Waals surface area contributed by atoms with Crippen LogP contribution in [0.4, 0.5) is 5.13 Å². The highest BCUT2D eigenvalue weighted by Gasteiger charge is 2.35. The van der Waals surface area contributed by atoms with Crippen molar-refractivity contribution in [2.45, 2.75) is 59.5 Å². The van der Waals surface area contributed by atoms with E-state index in [2.05, 4.69) is 36.4 Å². The van der Waals surface area contributed by atoms with Gasteiger partial charge in [-0.15, -0.1) is 11.3 Å².